The number of fused-ring (bicyclic) bond motifs is 1. The molecule has 1 N–H and O–H groups in total. The van der Waals surface area contributed by atoms with Crippen LogP contribution in [0.15, 0.2) is 42.6 Å². The normalized spacial score (nSPS) is 16.5. The lowest BCUT2D eigenvalue weighted by Gasteiger charge is -2.29. The van der Waals surface area contributed by atoms with Crippen molar-refractivity contribution in [1.82, 2.24) is 19.7 Å². The molecule has 0 saturated carbocycles. The zero-order valence-corrected chi connectivity index (χ0v) is 17.8. The number of benzene rings is 1. The van der Waals surface area contributed by atoms with Crippen LogP contribution in [0.3, 0.4) is 0 Å². The van der Waals surface area contributed by atoms with Crippen molar-refractivity contribution in [1.29, 1.82) is 0 Å². The summed E-state index contributed by atoms with van der Waals surface area (Å²) >= 11 is 0. The summed E-state index contributed by atoms with van der Waals surface area (Å²) in [5.41, 5.74) is 2.41. The molecule has 5 rings (SSSR count). The van der Waals surface area contributed by atoms with Crippen LogP contribution in [0, 0.1) is 0 Å². The minimum Gasteiger partial charge on any atom is -0.356 e. The smallest absolute Gasteiger partial charge is 0.259 e. The molecule has 0 bridgehead atoms. The van der Waals surface area contributed by atoms with Crippen molar-refractivity contribution in [3.05, 3.63) is 54.0 Å². The summed E-state index contributed by atoms with van der Waals surface area (Å²) in [6.07, 6.45) is 9.86. The third-order valence-electron chi connectivity index (χ3n) is 6.20. The van der Waals surface area contributed by atoms with Crippen LogP contribution in [-0.4, -0.2) is 38.7 Å². The number of aromatic nitrogens is 4. The number of carbonyl (C=O) groups is 1. The standard InChI is InChI=1S/C24H28N6O/c31-24(20-8-7-14-25-23(20)29-15-4-2-5-16-29)26-19-12-10-18(11-13-19)22-28-27-21-9-3-1-6-17-30(21)22/h7-8,10-14H,1-6,9,15-17H2,(H,26,31). The Morgan fingerprint density at radius 3 is 2.48 bits per heavy atom. The highest BCUT2D eigenvalue weighted by atomic mass is 16.1. The first-order valence-corrected chi connectivity index (χ1v) is 11.3. The first-order valence-electron chi connectivity index (χ1n) is 11.3. The van der Waals surface area contributed by atoms with Crippen molar-refractivity contribution in [2.45, 2.75) is 51.5 Å². The van der Waals surface area contributed by atoms with Gasteiger partial charge in [0.05, 0.1) is 5.56 Å². The number of anilines is 2. The summed E-state index contributed by atoms with van der Waals surface area (Å²) in [5, 5.41) is 11.8. The van der Waals surface area contributed by atoms with Gasteiger partial charge in [-0.15, -0.1) is 10.2 Å². The third kappa shape index (κ3) is 4.17. The van der Waals surface area contributed by atoms with Gasteiger partial charge in [0, 0.05) is 43.5 Å². The molecule has 1 aromatic carbocycles. The van der Waals surface area contributed by atoms with Crippen LogP contribution < -0.4 is 10.2 Å². The SMILES string of the molecule is O=C(Nc1ccc(-c2nnc3n2CCCCC3)cc1)c1cccnc1N1CCCCC1. The van der Waals surface area contributed by atoms with Gasteiger partial charge in [-0.1, -0.05) is 6.42 Å². The van der Waals surface area contributed by atoms with Crippen LogP contribution >= 0.6 is 0 Å². The number of nitrogens with zero attached hydrogens (tertiary/aromatic N) is 5. The molecule has 160 valence electrons. The number of piperidine rings is 1. The Kier molecular flexibility index (Phi) is 5.65. The summed E-state index contributed by atoms with van der Waals surface area (Å²) in [4.78, 5) is 19.7. The second kappa shape index (κ2) is 8.88. The van der Waals surface area contributed by atoms with E-state index in [-0.39, 0.29) is 5.91 Å². The fraction of sp³-hybridized carbons (Fsp3) is 0.417. The molecule has 2 aromatic heterocycles. The molecule has 0 aliphatic carbocycles. The summed E-state index contributed by atoms with van der Waals surface area (Å²) in [7, 11) is 0. The highest BCUT2D eigenvalue weighted by Gasteiger charge is 2.20. The zero-order chi connectivity index (χ0) is 21.0. The number of rotatable bonds is 4. The van der Waals surface area contributed by atoms with Gasteiger partial charge >= 0.3 is 0 Å². The molecule has 4 heterocycles. The maximum absolute atomic E-state index is 13.0. The Morgan fingerprint density at radius 2 is 1.65 bits per heavy atom. The van der Waals surface area contributed by atoms with Crippen molar-refractivity contribution in [3.63, 3.8) is 0 Å². The van der Waals surface area contributed by atoms with Crippen LogP contribution in [0.2, 0.25) is 0 Å². The van der Waals surface area contributed by atoms with E-state index in [4.69, 9.17) is 0 Å². The van der Waals surface area contributed by atoms with E-state index in [9.17, 15) is 4.79 Å². The van der Waals surface area contributed by atoms with Gasteiger partial charge in [0.2, 0.25) is 0 Å². The highest BCUT2D eigenvalue weighted by molar-refractivity contribution is 6.07. The highest BCUT2D eigenvalue weighted by Crippen LogP contribution is 2.25. The summed E-state index contributed by atoms with van der Waals surface area (Å²) in [5.74, 6) is 2.64. The lowest BCUT2D eigenvalue weighted by atomic mass is 10.1. The molecule has 7 nitrogen and oxygen atoms in total. The van der Waals surface area contributed by atoms with Crippen molar-refractivity contribution in [3.8, 4) is 11.4 Å². The van der Waals surface area contributed by atoms with Crippen molar-refractivity contribution >= 4 is 17.4 Å². The number of pyridine rings is 1. The van der Waals surface area contributed by atoms with E-state index in [1.54, 1.807) is 6.20 Å². The Labute approximate surface area is 182 Å². The first-order chi connectivity index (χ1) is 15.3. The molecule has 1 saturated heterocycles. The van der Waals surface area contributed by atoms with Gasteiger partial charge in [-0.3, -0.25) is 4.79 Å². The minimum absolute atomic E-state index is 0.127. The molecule has 1 amide bonds. The molecule has 1 fully saturated rings. The van der Waals surface area contributed by atoms with E-state index in [1.165, 1.54) is 19.3 Å². The minimum atomic E-state index is -0.127. The van der Waals surface area contributed by atoms with Crippen LogP contribution in [0.1, 0.15) is 54.7 Å². The predicted molar refractivity (Wildman–Crippen MR) is 121 cm³/mol. The Morgan fingerprint density at radius 1 is 0.871 bits per heavy atom. The maximum atomic E-state index is 13.0. The number of hydrogen-bond acceptors (Lipinski definition) is 5. The number of aryl methyl sites for hydroxylation is 1. The number of nitrogens with one attached hydrogen (secondary N) is 1. The number of amides is 1. The average Bonchev–Trinajstić information content (AvgIpc) is 3.08. The summed E-state index contributed by atoms with van der Waals surface area (Å²) in [6, 6.07) is 11.6. The quantitative estimate of drug-likeness (QED) is 0.686. The second-order valence-electron chi connectivity index (χ2n) is 8.36. The van der Waals surface area contributed by atoms with Gasteiger partial charge in [-0.2, -0.15) is 0 Å². The van der Waals surface area contributed by atoms with Crippen molar-refractivity contribution < 1.29 is 4.79 Å². The Bertz CT molecular complexity index is 1050. The molecule has 0 spiro atoms. The summed E-state index contributed by atoms with van der Waals surface area (Å²) < 4.78 is 2.24. The molecule has 2 aliphatic heterocycles. The van der Waals surface area contributed by atoms with Crippen LogP contribution in [0.4, 0.5) is 11.5 Å². The topological polar surface area (TPSA) is 75.9 Å². The Balaban J connectivity index is 1.33. The van der Waals surface area contributed by atoms with E-state index in [1.807, 2.05) is 36.4 Å². The van der Waals surface area contributed by atoms with Crippen molar-refractivity contribution in [2.75, 3.05) is 23.3 Å². The molecule has 2 aliphatic rings. The summed E-state index contributed by atoms with van der Waals surface area (Å²) in [6.45, 7) is 2.87. The lowest BCUT2D eigenvalue weighted by molar-refractivity contribution is 0.102. The van der Waals surface area contributed by atoms with Gasteiger partial charge in [0.1, 0.15) is 11.6 Å². The fourth-order valence-electron chi connectivity index (χ4n) is 4.53. The average molecular weight is 417 g/mol. The molecule has 0 atom stereocenters. The molecule has 0 unspecified atom stereocenters. The molecule has 0 radical (unpaired) electrons. The molecular weight excluding hydrogens is 388 g/mol. The fourth-order valence-corrected chi connectivity index (χ4v) is 4.53. The van der Waals surface area contributed by atoms with Crippen molar-refractivity contribution in [2.24, 2.45) is 0 Å². The van der Waals surface area contributed by atoms with Crippen LogP contribution in [-0.2, 0) is 13.0 Å². The lowest BCUT2D eigenvalue weighted by Crippen LogP contribution is -2.32. The van der Waals surface area contributed by atoms with Gasteiger partial charge < -0.3 is 14.8 Å². The van der Waals surface area contributed by atoms with Gasteiger partial charge in [0.25, 0.3) is 5.91 Å². The largest absolute Gasteiger partial charge is 0.356 e. The molecular formula is C24H28N6O. The van der Waals surface area contributed by atoms with E-state index < -0.39 is 0 Å². The predicted octanol–water partition coefficient (Wildman–Crippen LogP) is 4.31. The molecule has 3 aromatic rings. The van der Waals surface area contributed by atoms with Gasteiger partial charge in [-0.05, 0) is 68.5 Å². The number of carbonyl (C=O) groups excluding carboxylic acids is 1. The zero-order valence-electron chi connectivity index (χ0n) is 17.8. The Hall–Kier alpha value is -3.22. The van der Waals surface area contributed by atoms with Gasteiger partial charge in [0.15, 0.2) is 5.82 Å². The third-order valence-corrected chi connectivity index (χ3v) is 6.20. The second-order valence-corrected chi connectivity index (χ2v) is 8.36. The monoisotopic (exact) mass is 416 g/mol. The molecule has 31 heavy (non-hydrogen) atoms. The van der Waals surface area contributed by atoms with Crippen LogP contribution in [0.25, 0.3) is 11.4 Å². The maximum Gasteiger partial charge on any atom is 0.259 e. The van der Waals surface area contributed by atoms with E-state index in [0.29, 0.717) is 5.56 Å². The van der Waals surface area contributed by atoms with E-state index in [0.717, 1.165) is 74.0 Å². The number of hydrogen-bond donors (Lipinski definition) is 1. The van der Waals surface area contributed by atoms with Gasteiger partial charge in [-0.25, -0.2) is 4.98 Å². The van der Waals surface area contributed by atoms with Crippen LogP contribution in [0.5, 0.6) is 0 Å². The van der Waals surface area contributed by atoms with E-state index >= 15 is 0 Å². The van der Waals surface area contributed by atoms with E-state index in [2.05, 4.69) is 30.0 Å². The first kappa shape index (κ1) is 19.7. The molecule has 7 heteroatoms.